The number of ether oxygens (including phenoxy) is 2. The molecule has 3 aromatic heterocycles. The predicted molar refractivity (Wildman–Crippen MR) is 134 cm³/mol. The van der Waals surface area contributed by atoms with Crippen molar-refractivity contribution in [2.24, 2.45) is 7.05 Å². The van der Waals surface area contributed by atoms with E-state index < -0.39 is 12.1 Å². The molecule has 0 bridgehead atoms. The lowest BCUT2D eigenvalue weighted by atomic mass is 10.1. The fourth-order valence-electron chi connectivity index (χ4n) is 4.66. The largest absolute Gasteiger partial charge is 0.465 e. The number of carbonyl (C=O) groups is 2. The molecule has 9 nitrogen and oxygen atoms in total. The third kappa shape index (κ3) is 4.82. The van der Waals surface area contributed by atoms with Crippen molar-refractivity contribution < 1.29 is 19.1 Å². The van der Waals surface area contributed by atoms with E-state index in [2.05, 4.69) is 29.2 Å². The van der Waals surface area contributed by atoms with Gasteiger partial charge < -0.3 is 14.8 Å². The van der Waals surface area contributed by atoms with Gasteiger partial charge in [-0.05, 0) is 51.7 Å². The minimum atomic E-state index is -0.492. The number of amides is 1. The first kappa shape index (κ1) is 23.9. The molecule has 1 aliphatic heterocycles. The molecule has 0 aromatic carbocycles. The summed E-state index contributed by atoms with van der Waals surface area (Å²) in [5.74, 6) is -0.724. The second-order valence-electron chi connectivity index (χ2n) is 9.35. The summed E-state index contributed by atoms with van der Waals surface area (Å²) in [5.41, 5.74) is 4.90. The van der Waals surface area contributed by atoms with E-state index in [0.717, 1.165) is 29.7 Å². The number of methoxy groups -OCH3 is 1. The van der Waals surface area contributed by atoms with Gasteiger partial charge in [-0.15, -0.1) is 11.3 Å². The Labute approximate surface area is 208 Å². The van der Waals surface area contributed by atoms with Gasteiger partial charge in [0.15, 0.2) is 0 Å². The monoisotopic (exact) mass is 497 g/mol. The molecule has 0 radical (unpaired) electrons. The Kier molecular flexibility index (Phi) is 6.61. The van der Waals surface area contributed by atoms with Crippen LogP contribution < -0.4 is 5.32 Å². The van der Waals surface area contributed by atoms with Crippen molar-refractivity contribution in [3.8, 4) is 0 Å². The molecule has 35 heavy (non-hydrogen) atoms. The van der Waals surface area contributed by atoms with Gasteiger partial charge in [0.25, 0.3) is 5.91 Å². The fraction of sp³-hybridized carbons (Fsp3) is 0.520. The number of nitrogens with one attached hydrogen (secondary N) is 1. The minimum Gasteiger partial charge on any atom is -0.465 e. The zero-order valence-electron chi connectivity index (χ0n) is 20.6. The molecule has 4 heterocycles. The van der Waals surface area contributed by atoms with Crippen molar-refractivity contribution in [2.75, 3.05) is 19.0 Å². The summed E-state index contributed by atoms with van der Waals surface area (Å²) in [6, 6.07) is 4.47. The van der Waals surface area contributed by atoms with E-state index in [9.17, 15) is 9.59 Å². The topological polar surface area (TPSA) is 98.6 Å². The van der Waals surface area contributed by atoms with Crippen LogP contribution in [0, 0.1) is 13.8 Å². The Hall–Kier alpha value is -2.82. The van der Waals surface area contributed by atoms with Crippen LogP contribution in [0.15, 0.2) is 12.1 Å². The predicted octanol–water partition coefficient (Wildman–Crippen LogP) is 3.72. The number of hydrogen-bond donors (Lipinski definition) is 1. The molecule has 0 unspecified atom stereocenters. The molecular formula is C25H31N5O4S. The second kappa shape index (κ2) is 9.67. The Morgan fingerprint density at radius 3 is 2.69 bits per heavy atom. The number of aromatic nitrogens is 3. The summed E-state index contributed by atoms with van der Waals surface area (Å²) in [7, 11) is 3.32. The van der Waals surface area contributed by atoms with E-state index in [-0.39, 0.29) is 5.91 Å². The number of anilines is 1. The average Bonchev–Trinajstić information content (AvgIpc) is 3.33. The van der Waals surface area contributed by atoms with Crippen molar-refractivity contribution in [2.45, 2.75) is 64.8 Å². The fourth-order valence-corrected chi connectivity index (χ4v) is 5.73. The van der Waals surface area contributed by atoms with Crippen LogP contribution in [0.3, 0.4) is 0 Å². The normalized spacial score (nSPS) is 17.9. The first-order valence-corrected chi connectivity index (χ1v) is 12.8. The molecule has 1 N–H and O–H groups in total. The third-order valence-electron chi connectivity index (χ3n) is 6.90. The highest BCUT2D eigenvalue weighted by atomic mass is 32.1. The zero-order chi connectivity index (χ0) is 24.7. The maximum absolute atomic E-state index is 12.7. The van der Waals surface area contributed by atoms with Crippen LogP contribution in [0.1, 0.15) is 58.0 Å². The molecule has 1 amide bonds. The smallest absolute Gasteiger partial charge is 0.350 e. The van der Waals surface area contributed by atoms with Gasteiger partial charge in [0.05, 0.1) is 24.2 Å². The standard InChI is InChI=1S/C25H31N5O4S/c1-14-19(15(2)29(3)28-14)13-30(17-8-9-17)12-16-7-10-18-21(27-23(31)20-6-5-11-34-20)22(25(32)33-4)35-24(18)26-16/h7,10,17,20H,5-6,8-9,11-13H2,1-4H3,(H,27,31)/t20-/m1/s1. The molecular weight excluding hydrogens is 466 g/mol. The second-order valence-corrected chi connectivity index (χ2v) is 10.4. The van der Waals surface area contributed by atoms with Crippen molar-refractivity contribution in [1.82, 2.24) is 19.7 Å². The van der Waals surface area contributed by atoms with Crippen LogP contribution in [0.2, 0.25) is 0 Å². The lowest BCUT2D eigenvalue weighted by Gasteiger charge is -2.22. The molecule has 186 valence electrons. The van der Waals surface area contributed by atoms with E-state index in [1.165, 1.54) is 42.5 Å². The minimum absolute atomic E-state index is 0.237. The van der Waals surface area contributed by atoms with E-state index in [4.69, 9.17) is 14.5 Å². The quantitative estimate of drug-likeness (QED) is 0.474. The number of esters is 1. The summed E-state index contributed by atoms with van der Waals surface area (Å²) < 4.78 is 12.4. The summed E-state index contributed by atoms with van der Waals surface area (Å²) in [6.45, 7) is 6.28. The number of carbonyl (C=O) groups excluding carboxylic acids is 2. The lowest BCUT2D eigenvalue weighted by Crippen LogP contribution is -2.27. The summed E-state index contributed by atoms with van der Waals surface area (Å²) in [4.78, 5) is 33.6. The van der Waals surface area contributed by atoms with Crippen LogP contribution in [-0.4, -0.2) is 57.4 Å². The number of nitrogens with zero attached hydrogens (tertiary/aromatic N) is 4. The molecule has 0 spiro atoms. The Morgan fingerprint density at radius 2 is 2.06 bits per heavy atom. The van der Waals surface area contributed by atoms with Crippen LogP contribution in [0.4, 0.5) is 5.69 Å². The van der Waals surface area contributed by atoms with E-state index in [0.29, 0.717) is 41.0 Å². The van der Waals surface area contributed by atoms with Gasteiger partial charge in [-0.25, -0.2) is 9.78 Å². The molecule has 1 saturated carbocycles. The van der Waals surface area contributed by atoms with Gasteiger partial charge in [-0.2, -0.15) is 5.10 Å². The van der Waals surface area contributed by atoms with Crippen LogP contribution >= 0.6 is 11.3 Å². The molecule has 10 heteroatoms. The van der Waals surface area contributed by atoms with Gasteiger partial charge in [0.1, 0.15) is 15.8 Å². The van der Waals surface area contributed by atoms with Gasteiger partial charge in [0.2, 0.25) is 0 Å². The molecule has 5 rings (SSSR count). The molecule has 2 fully saturated rings. The maximum Gasteiger partial charge on any atom is 0.350 e. The van der Waals surface area contributed by atoms with Crippen molar-refractivity contribution in [1.29, 1.82) is 0 Å². The summed E-state index contributed by atoms with van der Waals surface area (Å²) >= 11 is 1.25. The number of thiophene rings is 1. The number of hydrogen-bond acceptors (Lipinski definition) is 8. The number of aryl methyl sites for hydroxylation is 2. The molecule has 2 aliphatic rings. The van der Waals surface area contributed by atoms with Crippen molar-refractivity contribution in [3.05, 3.63) is 39.7 Å². The highest BCUT2D eigenvalue weighted by Crippen LogP contribution is 2.37. The molecule has 1 saturated heterocycles. The van der Waals surface area contributed by atoms with E-state index >= 15 is 0 Å². The Bertz CT molecular complexity index is 1270. The zero-order valence-corrected chi connectivity index (χ0v) is 21.4. The highest BCUT2D eigenvalue weighted by molar-refractivity contribution is 7.21. The first-order valence-electron chi connectivity index (χ1n) is 12.0. The van der Waals surface area contributed by atoms with Gasteiger partial charge in [-0.1, -0.05) is 0 Å². The van der Waals surface area contributed by atoms with E-state index in [1.54, 1.807) is 0 Å². The lowest BCUT2D eigenvalue weighted by molar-refractivity contribution is -0.124. The Morgan fingerprint density at radius 1 is 1.26 bits per heavy atom. The number of rotatable bonds is 8. The van der Waals surface area contributed by atoms with Crippen LogP contribution in [-0.2, 0) is 34.4 Å². The molecule has 3 aromatic rings. The Balaban J connectivity index is 1.42. The van der Waals surface area contributed by atoms with Crippen molar-refractivity contribution in [3.63, 3.8) is 0 Å². The van der Waals surface area contributed by atoms with Gasteiger partial charge >= 0.3 is 5.97 Å². The number of fused-ring (bicyclic) bond motifs is 1. The van der Waals surface area contributed by atoms with Crippen LogP contribution in [0.25, 0.3) is 10.2 Å². The number of pyridine rings is 1. The first-order chi connectivity index (χ1) is 16.9. The molecule has 1 aliphatic carbocycles. The van der Waals surface area contributed by atoms with Gasteiger partial charge in [-0.3, -0.25) is 14.4 Å². The average molecular weight is 498 g/mol. The van der Waals surface area contributed by atoms with E-state index in [1.807, 2.05) is 23.9 Å². The van der Waals surface area contributed by atoms with Crippen LogP contribution in [0.5, 0.6) is 0 Å². The maximum atomic E-state index is 12.7. The summed E-state index contributed by atoms with van der Waals surface area (Å²) in [6.07, 6.45) is 3.41. The third-order valence-corrected chi connectivity index (χ3v) is 7.98. The SMILES string of the molecule is COC(=O)c1sc2nc(CN(Cc3c(C)nn(C)c3C)C3CC3)ccc2c1NC(=O)[C@H]1CCCO1. The van der Waals surface area contributed by atoms with Crippen molar-refractivity contribution >= 4 is 39.1 Å². The summed E-state index contributed by atoms with van der Waals surface area (Å²) in [5, 5.41) is 8.22. The molecule has 1 atom stereocenters. The van der Waals surface area contributed by atoms with Gasteiger partial charge in [0, 0.05) is 49.4 Å². The highest BCUT2D eigenvalue weighted by Gasteiger charge is 2.31.